The number of hydrogen-bond donors (Lipinski definition) is 2. The van der Waals surface area contributed by atoms with Crippen LogP contribution in [0, 0.1) is 6.92 Å². The quantitative estimate of drug-likeness (QED) is 0.341. The first-order valence-electron chi connectivity index (χ1n) is 10.6. The lowest BCUT2D eigenvalue weighted by molar-refractivity contribution is 0.419. The molecule has 3 aromatic carbocycles. The molecular weight excluding hydrogens is 403 g/mol. The van der Waals surface area contributed by atoms with Gasteiger partial charge in [-0.05, 0) is 43.1 Å². The summed E-state index contributed by atoms with van der Waals surface area (Å²) in [6.07, 6.45) is 2.48. The fourth-order valence-corrected chi connectivity index (χ4v) is 4.79. The molecule has 0 aliphatic rings. The fraction of sp³-hybridized carbons (Fsp3) is 0.280. The Labute approximate surface area is 187 Å². The number of hydrogen-bond acceptors (Lipinski definition) is 3. The van der Waals surface area contributed by atoms with E-state index in [9.17, 15) is 8.42 Å². The molecule has 6 heteroatoms. The maximum atomic E-state index is 13.3. The molecule has 31 heavy (non-hydrogen) atoms. The lowest BCUT2D eigenvalue weighted by atomic mass is 9.93. The molecule has 0 saturated carbocycles. The summed E-state index contributed by atoms with van der Waals surface area (Å²) in [6.45, 7) is 2.68. The Balaban J connectivity index is 1.98. The summed E-state index contributed by atoms with van der Waals surface area (Å²) in [5, 5.41) is 3.57. The van der Waals surface area contributed by atoms with Crippen LogP contribution >= 0.6 is 0 Å². The van der Waals surface area contributed by atoms with E-state index in [4.69, 9.17) is 7.85 Å². The third kappa shape index (κ3) is 6.54. The van der Waals surface area contributed by atoms with Gasteiger partial charge in [-0.2, -0.15) is 0 Å². The summed E-state index contributed by atoms with van der Waals surface area (Å²) in [7, 11) is 1.92. The van der Waals surface area contributed by atoms with Crippen molar-refractivity contribution in [2.75, 3.05) is 6.54 Å². The van der Waals surface area contributed by atoms with Gasteiger partial charge in [0.1, 0.15) is 0 Å². The van der Waals surface area contributed by atoms with Crippen molar-refractivity contribution < 1.29 is 8.42 Å². The van der Waals surface area contributed by atoms with Gasteiger partial charge in [-0.1, -0.05) is 91.1 Å². The third-order valence-corrected chi connectivity index (χ3v) is 6.72. The lowest BCUT2D eigenvalue weighted by Gasteiger charge is -2.30. The van der Waals surface area contributed by atoms with Crippen LogP contribution in [0.3, 0.4) is 0 Å². The molecule has 160 valence electrons. The third-order valence-electron chi connectivity index (χ3n) is 5.26. The van der Waals surface area contributed by atoms with E-state index in [1.54, 1.807) is 12.1 Å². The van der Waals surface area contributed by atoms with Gasteiger partial charge >= 0.3 is 0 Å². The zero-order valence-corrected chi connectivity index (χ0v) is 18.7. The Morgan fingerprint density at radius 2 is 1.32 bits per heavy atom. The summed E-state index contributed by atoms with van der Waals surface area (Å²) in [4.78, 5) is 0.258. The minimum Gasteiger partial charge on any atom is -0.308 e. The summed E-state index contributed by atoms with van der Waals surface area (Å²) >= 11 is 0. The van der Waals surface area contributed by atoms with E-state index in [1.807, 2.05) is 79.7 Å². The number of sulfonamides is 1. The number of rotatable bonds is 11. The average Bonchev–Trinajstić information content (AvgIpc) is 2.79. The van der Waals surface area contributed by atoms with Gasteiger partial charge in [0, 0.05) is 0 Å². The highest BCUT2D eigenvalue weighted by Crippen LogP contribution is 2.31. The maximum absolute atomic E-state index is 13.3. The van der Waals surface area contributed by atoms with Gasteiger partial charge < -0.3 is 5.32 Å². The van der Waals surface area contributed by atoms with Crippen LogP contribution in [0.2, 0.25) is 6.32 Å². The topological polar surface area (TPSA) is 58.2 Å². The first kappa shape index (κ1) is 23.3. The average molecular weight is 432 g/mol. The molecule has 0 spiro atoms. The Kier molecular flexibility index (Phi) is 8.47. The van der Waals surface area contributed by atoms with Gasteiger partial charge in [0.25, 0.3) is 0 Å². The first-order chi connectivity index (χ1) is 15.0. The summed E-state index contributed by atoms with van der Waals surface area (Å²) in [6, 6.07) is 25.9. The predicted molar refractivity (Wildman–Crippen MR) is 128 cm³/mol. The molecule has 0 unspecified atom stereocenters. The molecule has 0 heterocycles. The molecule has 0 fully saturated rings. The van der Waals surface area contributed by atoms with Crippen LogP contribution < -0.4 is 10.0 Å². The molecule has 2 N–H and O–H groups in total. The molecule has 2 radical (unpaired) electrons. The molecular formula is C25H29BN2O2S. The van der Waals surface area contributed by atoms with E-state index in [0.29, 0.717) is 6.32 Å². The zero-order chi connectivity index (χ0) is 22.1. The van der Waals surface area contributed by atoms with Crippen molar-refractivity contribution >= 4 is 17.9 Å². The van der Waals surface area contributed by atoms with Crippen LogP contribution in [-0.2, 0) is 10.0 Å². The van der Waals surface area contributed by atoms with Crippen molar-refractivity contribution in [3.63, 3.8) is 0 Å². The number of aryl methyl sites for hydroxylation is 1. The van der Waals surface area contributed by atoms with Crippen LogP contribution in [0.25, 0.3) is 0 Å². The number of nitrogens with one attached hydrogen (secondary N) is 2. The van der Waals surface area contributed by atoms with E-state index in [2.05, 4.69) is 10.0 Å². The Morgan fingerprint density at radius 1 is 0.774 bits per heavy atom. The Hall–Kier alpha value is -2.41. The van der Waals surface area contributed by atoms with Gasteiger partial charge in [-0.3, -0.25) is 0 Å². The normalized spacial score (nSPS) is 13.6. The zero-order valence-electron chi connectivity index (χ0n) is 17.9. The van der Waals surface area contributed by atoms with Gasteiger partial charge in [-0.25, -0.2) is 13.1 Å². The molecule has 3 rings (SSSR count). The van der Waals surface area contributed by atoms with Gasteiger partial charge in [-0.15, -0.1) is 0 Å². The van der Waals surface area contributed by atoms with Crippen LogP contribution in [0.15, 0.2) is 89.8 Å². The first-order valence-corrected chi connectivity index (χ1v) is 12.1. The van der Waals surface area contributed by atoms with E-state index >= 15 is 0 Å². The van der Waals surface area contributed by atoms with Gasteiger partial charge in [0.05, 0.1) is 24.8 Å². The molecule has 0 bridgehead atoms. The van der Waals surface area contributed by atoms with Crippen molar-refractivity contribution in [2.24, 2.45) is 0 Å². The molecule has 0 amide bonds. The summed E-state index contributed by atoms with van der Waals surface area (Å²) in [5.74, 6) is 0. The highest BCUT2D eigenvalue weighted by atomic mass is 32.2. The van der Waals surface area contributed by atoms with Crippen molar-refractivity contribution in [2.45, 2.75) is 43.1 Å². The van der Waals surface area contributed by atoms with E-state index in [1.165, 1.54) is 0 Å². The molecule has 0 aliphatic heterocycles. The molecule has 4 nitrogen and oxygen atoms in total. The smallest absolute Gasteiger partial charge is 0.241 e. The van der Waals surface area contributed by atoms with Crippen molar-refractivity contribution in [1.29, 1.82) is 0 Å². The van der Waals surface area contributed by atoms with Crippen molar-refractivity contribution in [3.05, 3.63) is 102 Å². The maximum Gasteiger partial charge on any atom is 0.241 e. The van der Waals surface area contributed by atoms with Crippen LogP contribution in [0.4, 0.5) is 0 Å². The van der Waals surface area contributed by atoms with E-state index < -0.39 is 16.1 Å². The minimum absolute atomic E-state index is 0.235. The van der Waals surface area contributed by atoms with Crippen LogP contribution in [-0.4, -0.2) is 22.8 Å². The Morgan fingerprint density at radius 3 is 1.87 bits per heavy atom. The summed E-state index contributed by atoms with van der Waals surface area (Å²) < 4.78 is 29.5. The van der Waals surface area contributed by atoms with Crippen molar-refractivity contribution in [1.82, 2.24) is 10.0 Å². The monoisotopic (exact) mass is 432 g/mol. The highest BCUT2D eigenvalue weighted by Gasteiger charge is 2.29. The molecule has 0 aliphatic carbocycles. The van der Waals surface area contributed by atoms with Crippen LogP contribution in [0.5, 0.6) is 0 Å². The molecule has 2 atom stereocenters. The van der Waals surface area contributed by atoms with E-state index in [-0.39, 0.29) is 10.9 Å². The Bertz CT molecular complexity index is 1030. The van der Waals surface area contributed by atoms with Gasteiger partial charge in [0.15, 0.2) is 0 Å². The molecule has 0 saturated heterocycles. The molecule has 3 aromatic rings. The second kappa shape index (κ2) is 11.3. The van der Waals surface area contributed by atoms with Crippen LogP contribution in [0.1, 0.15) is 41.6 Å². The molecule has 0 aromatic heterocycles. The second-order valence-corrected chi connectivity index (χ2v) is 9.37. The van der Waals surface area contributed by atoms with Gasteiger partial charge in [0.2, 0.25) is 10.0 Å². The number of benzene rings is 3. The van der Waals surface area contributed by atoms with Crippen molar-refractivity contribution in [3.8, 4) is 0 Å². The van der Waals surface area contributed by atoms with E-state index in [0.717, 1.165) is 36.1 Å². The number of unbranched alkanes of at least 4 members (excludes halogenated alkanes) is 1. The fourth-order valence-electron chi connectivity index (χ4n) is 3.56. The largest absolute Gasteiger partial charge is 0.308 e. The SMILES string of the molecule is [B]CCCCN[C@H](c1ccccc1)[C@H](NS(=O)(=O)c1ccc(C)cc1)c1ccccc1. The second-order valence-electron chi connectivity index (χ2n) is 7.66. The lowest BCUT2D eigenvalue weighted by Crippen LogP contribution is -2.39. The predicted octanol–water partition coefficient (Wildman–Crippen LogP) is 4.71. The summed E-state index contributed by atoms with van der Waals surface area (Å²) in [5.41, 5.74) is 2.94. The highest BCUT2D eigenvalue weighted by molar-refractivity contribution is 7.89. The standard InChI is InChI=1S/C25H29BN2O2S/c1-20-14-16-23(17-15-20)31(29,30)28-25(22-12-6-3-7-13-22)24(27-19-9-8-18-26)21-10-4-2-5-11-21/h2-7,10-17,24-25,27-28H,8-9,18-19H2,1H3/t24-,25-/m1/s1. The minimum atomic E-state index is -3.72.